The van der Waals surface area contributed by atoms with Gasteiger partial charge in [-0.2, -0.15) is 4.98 Å². The minimum absolute atomic E-state index is 0.0184. The number of aliphatic imine (C=N–C) groups is 1. The van der Waals surface area contributed by atoms with Gasteiger partial charge >= 0.3 is 7.82 Å². The van der Waals surface area contributed by atoms with Crippen molar-refractivity contribution in [2.24, 2.45) is 10.9 Å². The summed E-state index contributed by atoms with van der Waals surface area (Å²) in [5, 5.41) is 11.2. The topological polar surface area (TPSA) is 144 Å². The molecule has 0 bridgehead atoms. The van der Waals surface area contributed by atoms with Gasteiger partial charge in [0, 0.05) is 37.0 Å². The summed E-state index contributed by atoms with van der Waals surface area (Å²) in [5.41, 5.74) is 0.660. The van der Waals surface area contributed by atoms with Crippen molar-refractivity contribution >= 4 is 42.9 Å². The molecule has 1 aliphatic heterocycles. The Morgan fingerprint density at radius 3 is 3.03 bits per heavy atom. The van der Waals surface area contributed by atoms with E-state index in [0.29, 0.717) is 10.6 Å². The Labute approximate surface area is 227 Å². The molecule has 2 N–H and O–H groups in total. The third-order valence-electron chi connectivity index (χ3n) is 6.60. The van der Waals surface area contributed by atoms with Crippen molar-refractivity contribution in [2.75, 3.05) is 27.3 Å². The lowest BCUT2D eigenvalue weighted by Crippen LogP contribution is -2.22. The van der Waals surface area contributed by atoms with Crippen LogP contribution in [0.2, 0.25) is 5.02 Å². The minimum atomic E-state index is -4.08. The zero-order valence-electron chi connectivity index (χ0n) is 21.2. The fourth-order valence-corrected chi connectivity index (χ4v) is 6.23. The molecule has 2 aliphatic rings. The maximum atomic E-state index is 14.4. The standard InChI is InChI=1S/C24H27ClFN6O6P/c1-13-16(10-37-39(35)36-7-6-20(38-39)15-8-14(25)4-5-17(15)26)19(33)9-18(13)32-12-27-21-22(32)29-24(30-23(21)34)28-11-31(2)3/h4-5,8,11-12,16,18-20,33H,1,6-7,9-10H2,2-3H3,(H,29,30,34)/b28-11+/t16-,18?,19-,20+,39-/m0/s1. The average Bonchev–Trinajstić information content (AvgIpc) is 3.43. The van der Waals surface area contributed by atoms with Crippen LogP contribution in [0, 0.1) is 11.7 Å². The van der Waals surface area contributed by atoms with Gasteiger partial charge in [0.2, 0.25) is 5.95 Å². The molecule has 0 amide bonds. The zero-order chi connectivity index (χ0) is 27.9. The molecule has 3 heterocycles. The van der Waals surface area contributed by atoms with E-state index >= 15 is 0 Å². The van der Waals surface area contributed by atoms with E-state index in [9.17, 15) is 18.9 Å². The largest absolute Gasteiger partial charge is 0.475 e. The van der Waals surface area contributed by atoms with E-state index < -0.39 is 43.4 Å². The maximum Gasteiger partial charge on any atom is 0.475 e. The molecule has 1 aliphatic carbocycles. The van der Waals surface area contributed by atoms with Crippen LogP contribution in [0.3, 0.4) is 0 Å². The number of phosphoric ester groups is 1. The Morgan fingerprint density at radius 2 is 2.26 bits per heavy atom. The number of aliphatic hydroxyl groups excluding tert-OH is 1. The van der Waals surface area contributed by atoms with Gasteiger partial charge < -0.3 is 14.6 Å². The van der Waals surface area contributed by atoms with Gasteiger partial charge in [0.15, 0.2) is 11.2 Å². The number of hydrogen-bond acceptors (Lipinski definition) is 9. The van der Waals surface area contributed by atoms with Gasteiger partial charge in [-0.1, -0.05) is 18.2 Å². The van der Waals surface area contributed by atoms with Gasteiger partial charge in [-0.05, 0) is 30.2 Å². The summed E-state index contributed by atoms with van der Waals surface area (Å²) in [6.45, 7) is 3.92. The number of fused-ring (bicyclic) bond motifs is 1. The number of imidazole rings is 1. The summed E-state index contributed by atoms with van der Waals surface area (Å²) in [4.78, 5) is 29.5. The number of benzene rings is 1. The van der Waals surface area contributed by atoms with E-state index in [1.807, 2.05) is 0 Å². The van der Waals surface area contributed by atoms with Crippen molar-refractivity contribution < 1.29 is 27.6 Å². The van der Waals surface area contributed by atoms with Crippen LogP contribution < -0.4 is 5.56 Å². The number of aromatic nitrogens is 4. The third kappa shape index (κ3) is 5.69. The number of aliphatic hydroxyl groups is 1. The molecule has 208 valence electrons. The number of H-pyrrole nitrogens is 1. The van der Waals surface area contributed by atoms with E-state index in [4.69, 9.17) is 25.2 Å². The predicted octanol–water partition coefficient (Wildman–Crippen LogP) is 3.91. The lowest BCUT2D eigenvalue weighted by atomic mass is 10.0. The van der Waals surface area contributed by atoms with E-state index in [0.717, 1.165) is 0 Å². The molecule has 0 spiro atoms. The second kappa shape index (κ2) is 10.9. The number of aromatic amines is 1. The summed E-state index contributed by atoms with van der Waals surface area (Å²) in [6, 6.07) is 3.56. The third-order valence-corrected chi connectivity index (χ3v) is 8.31. The molecule has 2 fully saturated rings. The van der Waals surface area contributed by atoms with Crippen LogP contribution >= 0.6 is 19.4 Å². The van der Waals surface area contributed by atoms with Crippen LogP contribution in [0.25, 0.3) is 11.2 Å². The quantitative estimate of drug-likeness (QED) is 0.184. The SMILES string of the molecule is C=C1C(n2cnc3c(=O)[nH]c(/N=C/N(C)C)nc32)C[C@H](O)[C@H]1CO[P@]1(=O)OCC[C@H](c2cc(Cl)ccc2F)O1. The number of hydrogen-bond donors (Lipinski definition) is 2. The average molecular weight is 581 g/mol. The van der Waals surface area contributed by atoms with Crippen LogP contribution in [0.4, 0.5) is 10.3 Å². The molecule has 1 unspecified atom stereocenters. The molecule has 15 heteroatoms. The summed E-state index contributed by atoms with van der Waals surface area (Å²) in [5.74, 6) is -1.08. The first kappa shape index (κ1) is 27.6. The number of rotatable bonds is 7. The van der Waals surface area contributed by atoms with E-state index in [1.54, 1.807) is 23.6 Å². The highest BCUT2D eigenvalue weighted by Crippen LogP contribution is 2.58. The van der Waals surface area contributed by atoms with Gasteiger partial charge in [-0.3, -0.25) is 23.3 Å². The molecule has 2 aromatic heterocycles. The molecule has 1 saturated heterocycles. The first-order valence-corrected chi connectivity index (χ1v) is 13.9. The van der Waals surface area contributed by atoms with Crippen LogP contribution in [0.15, 0.2) is 46.5 Å². The Bertz CT molecular complexity index is 1540. The minimum Gasteiger partial charge on any atom is -0.392 e. The van der Waals surface area contributed by atoms with Crippen LogP contribution in [0.1, 0.15) is 30.6 Å². The Balaban J connectivity index is 1.32. The number of nitrogens with one attached hydrogen (secondary N) is 1. The van der Waals surface area contributed by atoms with Gasteiger partial charge in [0.05, 0.1) is 44.1 Å². The molecule has 1 aromatic carbocycles. The van der Waals surface area contributed by atoms with Gasteiger partial charge in [0.25, 0.3) is 5.56 Å². The second-order valence-corrected chi connectivity index (χ2v) is 11.6. The normalized spacial score (nSPS) is 27.6. The predicted molar refractivity (Wildman–Crippen MR) is 142 cm³/mol. The molecule has 0 radical (unpaired) electrons. The first-order chi connectivity index (χ1) is 18.5. The number of phosphoric acid groups is 1. The molecule has 5 rings (SSSR count). The van der Waals surface area contributed by atoms with Crippen molar-refractivity contribution in [1.29, 1.82) is 0 Å². The van der Waals surface area contributed by atoms with Crippen molar-refractivity contribution in [3.05, 3.63) is 63.4 Å². The monoisotopic (exact) mass is 580 g/mol. The lowest BCUT2D eigenvalue weighted by molar-refractivity contribution is 0.0155. The first-order valence-electron chi connectivity index (χ1n) is 12.1. The van der Waals surface area contributed by atoms with Crippen LogP contribution in [-0.4, -0.2) is 69.3 Å². The molecule has 5 atom stereocenters. The highest BCUT2D eigenvalue weighted by atomic mass is 35.5. The van der Waals surface area contributed by atoms with Crippen molar-refractivity contribution in [3.8, 4) is 0 Å². The highest BCUT2D eigenvalue weighted by molar-refractivity contribution is 7.48. The van der Waals surface area contributed by atoms with E-state index in [-0.39, 0.29) is 48.7 Å². The second-order valence-electron chi connectivity index (χ2n) is 9.55. The summed E-state index contributed by atoms with van der Waals surface area (Å²) in [6.07, 6.45) is 1.65. The Hall–Kier alpha value is -2.93. The smallest absolute Gasteiger partial charge is 0.392 e. The molecule has 12 nitrogen and oxygen atoms in total. The highest BCUT2D eigenvalue weighted by Gasteiger charge is 2.42. The number of nitrogens with zero attached hydrogens (tertiary/aromatic N) is 5. The van der Waals surface area contributed by atoms with Gasteiger partial charge in [0.1, 0.15) is 5.82 Å². The van der Waals surface area contributed by atoms with Crippen LogP contribution in [-0.2, 0) is 18.1 Å². The van der Waals surface area contributed by atoms with Crippen LogP contribution in [0.5, 0.6) is 0 Å². The van der Waals surface area contributed by atoms with Crippen molar-refractivity contribution in [1.82, 2.24) is 24.4 Å². The van der Waals surface area contributed by atoms with E-state index in [2.05, 4.69) is 26.5 Å². The molecular formula is C24H27ClFN6O6P. The Morgan fingerprint density at radius 1 is 1.46 bits per heavy atom. The lowest BCUT2D eigenvalue weighted by Gasteiger charge is -2.30. The zero-order valence-corrected chi connectivity index (χ0v) is 22.8. The number of halogens is 2. The maximum absolute atomic E-state index is 14.4. The fraction of sp³-hybridized carbons (Fsp3) is 0.417. The van der Waals surface area contributed by atoms with Crippen molar-refractivity contribution in [2.45, 2.75) is 31.1 Å². The summed E-state index contributed by atoms with van der Waals surface area (Å²) < 4.78 is 45.7. The summed E-state index contributed by atoms with van der Waals surface area (Å²) >= 11 is 5.99. The molecule has 1 saturated carbocycles. The van der Waals surface area contributed by atoms with Gasteiger partial charge in [-0.15, -0.1) is 0 Å². The van der Waals surface area contributed by atoms with Gasteiger partial charge in [-0.25, -0.2) is 18.9 Å². The fourth-order valence-electron chi connectivity index (χ4n) is 4.65. The molecule has 39 heavy (non-hydrogen) atoms. The molecule has 3 aromatic rings. The Kier molecular flexibility index (Phi) is 7.73. The van der Waals surface area contributed by atoms with E-state index in [1.165, 1.54) is 30.9 Å². The summed E-state index contributed by atoms with van der Waals surface area (Å²) in [7, 11) is -0.519. The van der Waals surface area contributed by atoms with Crippen molar-refractivity contribution in [3.63, 3.8) is 0 Å². The molecular weight excluding hydrogens is 554 g/mol.